The number of halogens is 1. The molecular formula is C13H15BrN2O2. The minimum absolute atomic E-state index is 0.203. The first-order valence-corrected chi connectivity index (χ1v) is 6.43. The highest BCUT2D eigenvalue weighted by Crippen LogP contribution is 2.27. The first-order valence-electron chi connectivity index (χ1n) is 5.63. The van der Waals surface area contributed by atoms with E-state index in [1.165, 1.54) is 7.11 Å². The van der Waals surface area contributed by atoms with Crippen LogP contribution in [0.3, 0.4) is 0 Å². The van der Waals surface area contributed by atoms with Gasteiger partial charge in [0.15, 0.2) is 0 Å². The lowest BCUT2D eigenvalue weighted by Gasteiger charge is -2.24. The molecule has 1 aromatic carbocycles. The molecular weight excluding hydrogens is 296 g/mol. The highest BCUT2D eigenvalue weighted by molar-refractivity contribution is 9.10. The summed E-state index contributed by atoms with van der Waals surface area (Å²) in [5, 5.41) is 8.82. The van der Waals surface area contributed by atoms with Crippen LogP contribution in [0, 0.1) is 11.3 Å². The molecule has 0 aromatic heterocycles. The average Bonchev–Trinajstić information content (AvgIpc) is 2.38. The van der Waals surface area contributed by atoms with Gasteiger partial charge in [-0.1, -0.05) is 6.92 Å². The molecule has 0 saturated carbocycles. The molecule has 0 fully saturated rings. The number of anilines is 1. The monoisotopic (exact) mass is 310 g/mol. The van der Waals surface area contributed by atoms with Crippen molar-refractivity contribution in [3.8, 4) is 6.07 Å². The number of nitrogens with zero attached hydrogens (tertiary/aromatic N) is 2. The third-order valence-electron chi connectivity index (χ3n) is 2.46. The molecule has 0 N–H and O–H groups in total. The SMILES string of the molecule is CCCN(CC(=O)OC)c1ccc(C#N)cc1Br. The predicted molar refractivity (Wildman–Crippen MR) is 73.4 cm³/mol. The van der Waals surface area contributed by atoms with Gasteiger partial charge in [0, 0.05) is 11.0 Å². The Hall–Kier alpha value is -1.54. The van der Waals surface area contributed by atoms with E-state index in [0.29, 0.717) is 5.56 Å². The summed E-state index contributed by atoms with van der Waals surface area (Å²) in [6.45, 7) is 3.00. The quantitative estimate of drug-likeness (QED) is 0.785. The van der Waals surface area contributed by atoms with Crippen LogP contribution in [0.15, 0.2) is 22.7 Å². The van der Waals surface area contributed by atoms with Crippen LogP contribution >= 0.6 is 15.9 Å². The van der Waals surface area contributed by atoms with Gasteiger partial charge in [-0.2, -0.15) is 5.26 Å². The zero-order valence-corrected chi connectivity index (χ0v) is 12.0. The number of rotatable bonds is 5. The molecule has 4 nitrogen and oxygen atoms in total. The number of nitriles is 1. The molecule has 0 aliphatic carbocycles. The van der Waals surface area contributed by atoms with Crippen molar-refractivity contribution < 1.29 is 9.53 Å². The average molecular weight is 311 g/mol. The van der Waals surface area contributed by atoms with E-state index in [2.05, 4.69) is 26.7 Å². The number of carbonyl (C=O) groups excluding carboxylic acids is 1. The van der Waals surface area contributed by atoms with Crippen LogP contribution in [0.4, 0.5) is 5.69 Å². The lowest BCUT2D eigenvalue weighted by molar-refractivity contribution is -0.138. The summed E-state index contributed by atoms with van der Waals surface area (Å²) in [4.78, 5) is 13.3. The molecule has 0 bridgehead atoms. The van der Waals surface area contributed by atoms with E-state index < -0.39 is 0 Å². The van der Waals surface area contributed by atoms with Crippen molar-refractivity contribution in [1.29, 1.82) is 5.26 Å². The summed E-state index contributed by atoms with van der Waals surface area (Å²) in [7, 11) is 1.38. The maximum atomic E-state index is 11.4. The number of hydrogen-bond acceptors (Lipinski definition) is 4. The van der Waals surface area contributed by atoms with Gasteiger partial charge in [0.1, 0.15) is 6.54 Å². The number of carbonyl (C=O) groups is 1. The summed E-state index contributed by atoms with van der Waals surface area (Å²) in [6.07, 6.45) is 0.920. The number of esters is 1. The van der Waals surface area contributed by atoms with Crippen LogP contribution in [0.25, 0.3) is 0 Å². The zero-order chi connectivity index (χ0) is 13.5. The third-order valence-corrected chi connectivity index (χ3v) is 3.09. The molecule has 0 atom stereocenters. The Morgan fingerprint density at radius 1 is 1.56 bits per heavy atom. The van der Waals surface area contributed by atoms with Gasteiger partial charge in [-0.15, -0.1) is 0 Å². The Labute approximate surface area is 115 Å². The Bertz CT molecular complexity index is 469. The molecule has 0 saturated heterocycles. The zero-order valence-electron chi connectivity index (χ0n) is 10.4. The van der Waals surface area contributed by atoms with Crippen LogP contribution in [0.2, 0.25) is 0 Å². The lowest BCUT2D eigenvalue weighted by Crippen LogP contribution is -2.31. The number of benzene rings is 1. The molecule has 1 aromatic rings. The summed E-state index contributed by atoms with van der Waals surface area (Å²) in [5.41, 5.74) is 1.47. The van der Waals surface area contributed by atoms with Crippen molar-refractivity contribution in [3.63, 3.8) is 0 Å². The van der Waals surface area contributed by atoms with Gasteiger partial charge in [0.25, 0.3) is 0 Å². The van der Waals surface area contributed by atoms with E-state index in [1.807, 2.05) is 17.9 Å². The van der Waals surface area contributed by atoms with Gasteiger partial charge in [-0.25, -0.2) is 0 Å². The first-order chi connectivity index (χ1) is 8.62. The topological polar surface area (TPSA) is 53.3 Å². The van der Waals surface area contributed by atoms with Gasteiger partial charge < -0.3 is 9.64 Å². The first kappa shape index (κ1) is 14.5. The molecule has 1 rings (SSSR count). The lowest BCUT2D eigenvalue weighted by atomic mass is 10.2. The van der Waals surface area contributed by atoms with E-state index in [-0.39, 0.29) is 12.5 Å². The van der Waals surface area contributed by atoms with Crippen molar-refractivity contribution in [3.05, 3.63) is 28.2 Å². The fraction of sp³-hybridized carbons (Fsp3) is 0.385. The van der Waals surface area contributed by atoms with E-state index in [0.717, 1.165) is 23.1 Å². The Morgan fingerprint density at radius 3 is 2.78 bits per heavy atom. The standard InChI is InChI=1S/C13H15BrN2O2/c1-3-6-16(9-13(17)18-2)12-5-4-10(8-15)7-11(12)14/h4-5,7H,3,6,9H2,1-2H3. The van der Waals surface area contributed by atoms with Crippen molar-refractivity contribution in [2.75, 3.05) is 25.1 Å². The second-order valence-corrected chi connectivity index (χ2v) is 4.63. The van der Waals surface area contributed by atoms with Crippen molar-refractivity contribution >= 4 is 27.6 Å². The predicted octanol–water partition coefficient (Wildman–Crippen LogP) is 2.71. The number of hydrogen-bond donors (Lipinski definition) is 0. The van der Waals surface area contributed by atoms with E-state index in [9.17, 15) is 4.79 Å². The number of ether oxygens (including phenoxy) is 1. The summed E-state index contributed by atoms with van der Waals surface area (Å²) in [5.74, 6) is -0.278. The summed E-state index contributed by atoms with van der Waals surface area (Å²) < 4.78 is 5.49. The molecule has 0 amide bonds. The van der Waals surface area contributed by atoms with Gasteiger partial charge in [0.2, 0.25) is 0 Å². The van der Waals surface area contributed by atoms with Gasteiger partial charge in [-0.05, 0) is 40.5 Å². The molecule has 0 heterocycles. The molecule has 0 aliphatic heterocycles. The van der Waals surface area contributed by atoms with Crippen LogP contribution in [-0.2, 0) is 9.53 Å². The fourth-order valence-corrected chi connectivity index (χ4v) is 2.24. The highest BCUT2D eigenvalue weighted by Gasteiger charge is 2.14. The number of methoxy groups -OCH3 is 1. The van der Waals surface area contributed by atoms with Crippen LogP contribution in [0.1, 0.15) is 18.9 Å². The third kappa shape index (κ3) is 3.74. The molecule has 18 heavy (non-hydrogen) atoms. The Kier molecular flexibility index (Phi) is 5.66. The van der Waals surface area contributed by atoms with Crippen molar-refractivity contribution in [2.24, 2.45) is 0 Å². The summed E-state index contributed by atoms with van der Waals surface area (Å²) in [6, 6.07) is 7.39. The minimum Gasteiger partial charge on any atom is -0.468 e. The molecule has 0 spiro atoms. The second-order valence-electron chi connectivity index (χ2n) is 3.78. The van der Waals surface area contributed by atoms with Gasteiger partial charge in [-0.3, -0.25) is 4.79 Å². The molecule has 5 heteroatoms. The Balaban J connectivity index is 2.98. The van der Waals surface area contributed by atoms with Crippen molar-refractivity contribution in [1.82, 2.24) is 0 Å². The second kappa shape index (κ2) is 7.02. The maximum Gasteiger partial charge on any atom is 0.325 e. The Morgan fingerprint density at radius 2 is 2.28 bits per heavy atom. The highest BCUT2D eigenvalue weighted by atomic mass is 79.9. The van der Waals surface area contributed by atoms with Crippen LogP contribution in [-0.4, -0.2) is 26.2 Å². The molecule has 0 radical (unpaired) electrons. The molecule has 0 aliphatic rings. The maximum absolute atomic E-state index is 11.4. The minimum atomic E-state index is -0.278. The molecule has 0 unspecified atom stereocenters. The van der Waals surface area contributed by atoms with E-state index >= 15 is 0 Å². The van der Waals surface area contributed by atoms with Crippen molar-refractivity contribution in [2.45, 2.75) is 13.3 Å². The van der Waals surface area contributed by atoms with E-state index in [1.54, 1.807) is 12.1 Å². The van der Waals surface area contributed by atoms with E-state index in [4.69, 9.17) is 5.26 Å². The fourth-order valence-electron chi connectivity index (χ4n) is 1.61. The van der Waals surface area contributed by atoms with Crippen LogP contribution < -0.4 is 4.90 Å². The normalized spacial score (nSPS) is 9.67. The largest absolute Gasteiger partial charge is 0.468 e. The van der Waals surface area contributed by atoms with Crippen LogP contribution in [0.5, 0.6) is 0 Å². The van der Waals surface area contributed by atoms with Gasteiger partial charge in [0.05, 0.1) is 24.4 Å². The summed E-state index contributed by atoms with van der Waals surface area (Å²) >= 11 is 3.43. The smallest absolute Gasteiger partial charge is 0.325 e. The molecule has 96 valence electrons. The van der Waals surface area contributed by atoms with Gasteiger partial charge >= 0.3 is 5.97 Å².